The van der Waals surface area contributed by atoms with Gasteiger partial charge in [-0.3, -0.25) is 9.59 Å². The van der Waals surface area contributed by atoms with E-state index in [1.807, 2.05) is 42.5 Å². The van der Waals surface area contributed by atoms with Crippen molar-refractivity contribution in [2.75, 3.05) is 10.2 Å². The molecule has 3 aromatic rings. The molecule has 1 N–H and O–H groups in total. The molecule has 0 saturated heterocycles. The molecule has 0 spiro atoms. The molecule has 4 nitrogen and oxygen atoms in total. The van der Waals surface area contributed by atoms with Crippen molar-refractivity contribution in [3.8, 4) is 0 Å². The highest BCUT2D eigenvalue weighted by Gasteiger charge is 2.34. The van der Waals surface area contributed by atoms with E-state index in [-0.39, 0.29) is 11.8 Å². The van der Waals surface area contributed by atoms with Gasteiger partial charge in [-0.1, -0.05) is 47.0 Å². The summed E-state index contributed by atoms with van der Waals surface area (Å²) in [6.07, 6.45) is 4.82. The number of imide groups is 1. The lowest BCUT2D eigenvalue weighted by Gasteiger charge is -2.28. The first-order valence-corrected chi connectivity index (χ1v) is 10.4. The smallest absolute Gasteiger partial charge is 0.265 e. The van der Waals surface area contributed by atoms with Crippen LogP contribution in [0.25, 0.3) is 10.8 Å². The van der Waals surface area contributed by atoms with Gasteiger partial charge >= 0.3 is 0 Å². The third-order valence-electron chi connectivity index (χ3n) is 5.69. The van der Waals surface area contributed by atoms with Gasteiger partial charge in [0.25, 0.3) is 11.8 Å². The third-order valence-corrected chi connectivity index (χ3v) is 6.18. The Bertz CT molecular complexity index is 1100. The Morgan fingerprint density at radius 2 is 1.61 bits per heavy atom. The highest BCUT2D eigenvalue weighted by molar-refractivity contribution is 9.10. The fraction of sp³-hybridized carbons (Fsp3) is 0.217. The van der Waals surface area contributed by atoms with Crippen LogP contribution in [-0.4, -0.2) is 17.9 Å². The molecule has 140 valence electrons. The number of amides is 2. The second-order valence-corrected chi connectivity index (χ2v) is 8.36. The summed E-state index contributed by atoms with van der Waals surface area (Å²) in [4.78, 5) is 27.8. The highest BCUT2D eigenvalue weighted by atomic mass is 79.9. The van der Waals surface area contributed by atoms with Crippen LogP contribution in [0.3, 0.4) is 0 Å². The minimum atomic E-state index is -0.279. The van der Waals surface area contributed by atoms with Crippen LogP contribution >= 0.6 is 15.9 Å². The van der Waals surface area contributed by atoms with Gasteiger partial charge in [0, 0.05) is 38.1 Å². The summed E-state index contributed by atoms with van der Waals surface area (Å²) in [7, 11) is 0. The standard InChI is InChI=1S/C23H19BrN2O2/c24-14-5-3-8-16(13-14)26-22(27)18-10-4-9-17-20(25-15-6-1-2-7-15)12-11-19(21(17)18)23(26)28/h3-5,8-13,15,25H,1-2,6-7H2. The van der Waals surface area contributed by atoms with Crippen LogP contribution in [0.2, 0.25) is 0 Å². The monoisotopic (exact) mass is 434 g/mol. The van der Waals surface area contributed by atoms with E-state index in [0.29, 0.717) is 22.9 Å². The summed E-state index contributed by atoms with van der Waals surface area (Å²) in [5, 5.41) is 5.32. The Morgan fingerprint density at radius 1 is 0.893 bits per heavy atom. The number of anilines is 2. The van der Waals surface area contributed by atoms with Crippen molar-refractivity contribution in [3.63, 3.8) is 0 Å². The van der Waals surface area contributed by atoms with E-state index in [0.717, 1.165) is 33.8 Å². The van der Waals surface area contributed by atoms with Gasteiger partial charge in [-0.2, -0.15) is 0 Å². The number of hydrogen-bond donors (Lipinski definition) is 1. The van der Waals surface area contributed by atoms with E-state index < -0.39 is 0 Å². The Balaban J connectivity index is 1.64. The molecule has 0 radical (unpaired) electrons. The number of carbonyl (C=O) groups is 2. The molecule has 5 heteroatoms. The molecule has 2 aliphatic rings. The van der Waals surface area contributed by atoms with E-state index in [9.17, 15) is 9.59 Å². The van der Waals surface area contributed by atoms with Crippen LogP contribution in [0.15, 0.2) is 59.1 Å². The van der Waals surface area contributed by atoms with Gasteiger partial charge < -0.3 is 5.32 Å². The maximum atomic E-state index is 13.3. The van der Waals surface area contributed by atoms with Crippen LogP contribution in [0, 0.1) is 0 Å². The van der Waals surface area contributed by atoms with Crippen LogP contribution in [0.5, 0.6) is 0 Å². The van der Waals surface area contributed by atoms with Gasteiger partial charge in [0.2, 0.25) is 0 Å². The Morgan fingerprint density at radius 3 is 2.36 bits per heavy atom. The Labute approximate surface area is 171 Å². The van der Waals surface area contributed by atoms with Gasteiger partial charge in [0.05, 0.1) is 5.69 Å². The zero-order chi connectivity index (χ0) is 19.3. The van der Waals surface area contributed by atoms with Gasteiger partial charge in [0.15, 0.2) is 0 Å². The van der Waals surface area contributed by atoms with Crippen molar-refractivity contribution < 1.29 is 9.59 Å². The predicted octanol–water partition coefficient (Wildman–Crippen LogP) is 5.76. The molecule has 0 atom stereocenters. The first-order valence-electron chi connectivity index (χ1n) is 9.60. The Hall–Kier alpha value is -2.66. The molecular formula is C23H19BrN2O2. The lowest BCUT2D eigenvalue weighted by Crippen LogP contribution is -2.40. The number of carbonyl (C=O) groups excluding carboxylic acids is 2. The Kier molecular flexibility index (Phi) is 4.20. The molecule has 1 aliphatic heterocycles. The normalized spacial score (nSPS) is 16.8. The van der Waals surface area contributed by atoms with E-state index in [4.69, 9.17) is 0 Å². The topological polar surface area (TPSA) is 49.4 Å². The minimum Gasteiger partial charge on any atom is -0.382 e. The largest absolute Gasteiger partial charge is 0.382 e. The van der Waals surface area contributed by atoms with Gasteiger partial charge in [0.1, 0.15) is 0 Å². The summed E-state index contributed by atoms with van der Waals surface area (Å²) in [6.45, 7) is 0. The fourth-order valence-corrected chi connectivity index (χ4v) is 4.75. The van der Waals surface area contributed by atoms with Gasteiger partial charge in [-0.05, 0) is 49.2 Å². The van der Waals surface area contributed by atoms with Gasteiger partial charge in [-0.15, -0.1) is 0 Å². The molecule has 1 fully saturated rings. The quantitative estimate of drug-likeness (QED) is 0.533. The molecule has 0 aromatic heterocycles. The molecule has 1 heterocycles. The molecule has 5 rings (SSSR count). The predicted molar refractivity (Wildman–Crippen MR) is 115 cm³/mol. The van der Waals surface area contributed by atoms with E-state index >= 15 is 0 Å². The van der Waals surface area contributed by atoms with Crippen LogP contribution in [-0.2, 0) is 0 Å². The number of benzene rings is 3. The molecule has 2 amide bonds. The van der Waals surface area contributed by atoms with Crippen LogP contribution in [0.1, 0.15) is 46.4 Å². The van der Waals surface area contributed by atoms with Crippen molar-refractivity contribution in [2.45, 2.75) is 31.7 Å². The lowest BCUT2D eigenvalue weighted by molar-refractivity contribution is 0.0893. The minimum absolute atomic E-state index is 0.279. The average Bonchev–Trinajstić information content (AvgIpc) is 3.20. The number of nitrogens with one attached hydrogen (secondary N) is 1. The van der Waals surface area contributed by atoms with Crippen LogP contribution < -0.4 is 10.2 Å². The SMILES string of the molecule is O=C1c2cccc3c(NC4CCCC4)ccc(c23)C(=O)N1c1cccc(Br)c1. The summed E-state index contributed by atoms with van der Waals surface area (Å²) in [5.41, 5.74) is 2.72. The summed E-state index contributed by atoms with van der Waals surface area (Å²) in [5.74, 6) is -0.557. The van der Waals surface area contributed by atoms with E-state index in [1.165, 1.54) is 17.7 Å². The molecule has 28 heavy (non-hydrogen) atoms. The summed E-state index contributed by atoms with van der Waals surface area (Å²) < 4.78 is 0.825. The second-order valence-electron chi connectivity index (χ2n) is 7.44. The number of hydrogen-bond acceptors (Lipinski definition) is 3. The lowest BCUT2D eigenvalue weighted by atomic mass is 9.92. The van der Waals surface area contributed by atoms with Crippen molar-refractivity contribution in [3.05, 3.63) is 70.2 Å². The summed E-state index contributed by atoms with van der Waals surface area (Å²) in [6, 6.07) is 17.3. The number of halogens is 1. The molecule has 0 unspecified atom stereocenters. The number of nitrogens with zero attached hydrogens (tertiary/aromatic N) is 1. The molecule has 0 bridgehead atoms. The molecule has 1 saturated carbocycles. The number of rotatable bonds is 3. The zero-order valence-electron chi connectivity index (χ0n) is 15.2. The summed E-state index contributed by atoms with van der Waals surface area (Å²) >= 11 is 3.42. The van der Waals surface area contributed by atoms with Crippen molar-refractivity contribution in [1.29, 1.82) is 0 Å². The van der Waals surface area contributed by atoms with E-state index in [1.54, 1.807) is 12.1 Å². The second kappa shape index (κ2) is 6.74. The molecule has 1 aliphatic carbocycles. The highest BCUT2D eigenvalue weighted by Crippen LogP contribution is 2.37. The van der Waals surface area contributed by atoms with Crippen molar-refractivity contribution in [2.24, 2.45) is 0 Å². The maximum absolute atomic E-state index is 13.3. The first kappa shape index (κ1) is 17.4. The maximum Gasteiger partial charge on any atom is 0.265 e. The average molecular weight is 435 g/mol. The molecule has 3 aromatic carbocycles. The first-order chi connectivity index (χ1) is 13.6. The van der Waals surface area contributed by atoms with Crippen molar-refractivity contribution in [1.82, 2.24) is 0 Å². The fourth-order valence-electron chi connectivity index (χ4n) is 4.36. The zero-order valence-corrected chi connectivity index (χ0v) is 16.8. The van der Waals surface area contributed by atoms with Crippen molar-refractivity contribution >= 4 is 49.9 Å². The van der Waals surface area contributed by atoms with E-state index in [2.05, 4.69) is 21.2 Å². The van der Waals surface area contributed by atoms with Gasteiger partial charge in [-0.25, -0.2) is 4.90 Å². The third kappa shape index (κ3) is 2.73. The molecular weight excluding hydrogens is 416 g/mol. The van der Waals surface area contributed by atoms with Crippen LogP contribution in [0.4, 0.5) is 11.4 Å².